The molecule has 0 radical (unpaired) electrons. The van der Waals surface area contributed by atoms with Gasteiger partial charge in [0.05, 0.1) is 13.7 Å². The maximum atomic E-state index is 11.3. The lowest BCUT2D eigenvalue weighted by Crippen LogP contribution is -2.04. The molecule has 0 unspecified atom stereocenters. The molecule has 0 aliphatic heterocycles. The molecule has 0 spiro atoms. The molecule has 112 valence electrons. The van der Waals surface area contributed by atoms with E-state index < -0.39 is 5.97 Å². The number of rotatable bonds is 7. The molecule has 0 saturated heterocycles. The number of ether oxygens (including phenoxy) is 3. The second-order valence-corrected chi connectivity index (χ2v) is 4.07. The van der Waals surface area contributed by atoms with Gasteiger partial charge in [-0.3, -0.25) is 0 Å². The average Bonchev–Trinajstić information content (AvgIpc) is 3.00. The first-order valence-electron chi connectivity index (χ1n) is 6.37. The van der Waals surface area contributed by atoms with Crippen molar-refractivity contribution in [1.82, 2.24) is 0 Å². The van der Waals surface area contributed by atoms with Crippen molar-refractivity contribution in [2.45, 2.75) is 6.61 Å². The molecule has 0 atom stereocenters. The summed E-state index contributed by atoms with van der Waals surface area (Å²) in [7, 11) is 1.29. The molecular weight excluding hydrogens is 276 g/mol. The maximum absolute atomic E-state index is 11.3. The largest absolute Gasteiger partial charge is 0.487 e. The van der Waals surface area contributed by atoms with Crippen LogP contribution in [0, 0.1) is 0 Å². The minimum Gasteiger partial charge on any atom is -0.487 e. The van der Waals surface area contributed by atoms with Crippen LogP contribution in [0.25, 0.3) is 0 Å². The zero-order valence-corrected chi connectivity index (χ0v) is 11.6. The van der Waals surface area contributed by atoms with Gasteiger partial charge >= 0.3 is 5.97 Å². The third kappa shape index (κ3) is 4.00. The van der Waals surface area contributed by atoms with Crippen molar-refractivity contribution in [2.75, 3.05) is 20.3 Å². The van der Waals surface area contributed by atoms with Crippen LogP contribution in [0.5, 0.6) is 11.5 Å². The first kappa shape index (κ1) is 14.9. The fourth-order valence-electron chi connectivity index (χ4n) is 1.66. The highest BCUT2D eigenvalue weighted by Gasteiger charge is 2.12. The minimum atomic E-state index is -0.534. The number of hydrogen-bond donors (Lipinski definition) is 1. The first-order chi connectivity index (χ1) is 10.2. The van der Waals surface area contributed by atoms with Gasteiger partial charge in [-0.15, -0.1) is 0 Å². The molecule has 21 heavy (non-hydrogen) atoms. The van der Waals surface area contributed by atoms with Crippen LogP contribution in [0.15, 0.2) is 40.8 Å². The maximum Gasteiger partial charge on any atom is 0.373 e. The summed E-state index contributed by atoms with van der Waals surface area (Å²) in [6, 6.07) is 10.3. The predicted octanol–water partition coefficient (Wildman–Crippen LogP) is 2.02. The lowest BCUT2D eigenvalue weighted by molar-refractivity contribution is 0.0561. The van der Waals surface area contributed by atoms with E-state index in [0.29, 0.717) is 17.3 Å². The number of hydrogen-bond acceptors (Lipinski definition) is 6. The average molecular weight is 292 g/mol. The molecule has 0 aliphatic rings. The Hall–Kier alpha value is -2.47. The zero-order valence-electron chi connectivity index (χ0n) is 11.6. The SMILES string of the molecule is COC(=O)c1ccc(COc2ccccc2OCCO)o1. The van der Waals surface area contributed by atoms with Gasteiger partial charge in [0.25, 0.3) is 0 Å². The van der Waals surface area contributed by atoms with Crippen LogP contribution >= 0.6 is 0 Å². The van der Waals surface area contributed by atoms with Crippen molar-refractivity contribution >= 4 is 5.97 Å². The van der Waals surface area contributed by atoms with Gasteiger partial charge in [0, 0.05) is 0 Å². The number of benzene rings is 1. The van der Waals surface area contributed by atoms with Crippen LogP contribution in [-0.4, -0.2) is 31.4 Å². The molecule has 6 nitrogen and oxygen atoms in total. The Kier molecular flexibility index (Phi) is 5.22. The summed E-state index contributed by atoms with van der Waals surface area (Å²) < 4.78 is 20.8. The monoisotopic (exact) mass is 292 g/mol. The minimum absolute atomic E-state index is 0.0744. The third-order valence-electron chi connectivity index (χ3n) is 2.62. The Bertz CT molecular complexity index is 589. The summed E-state index contributed by atoms with van der Waals surface area (Å²) >= 11 is 0. The Morgan fingerprint density at radius 1 is 1.14 bits per heavy atom. The number of carbonyl (C=O) groups excluding carboxylic acids is 1. The van der Waals surface area contributed by atoms with Crippen LogP contribution in [-0.2, 0) is 11.3 Å². The van der Waals surface area contributed by atoms with E-state index in [2.05, 4.69) is 4.74 Å². The first-order valence-corrected chi connectivity index (χ1v) is 6.37. The van der Waals surface area contributed by atoms with Crippen LogP contribution in [0.1, 0.15) is 16.3 Å². The van der Waals surface area contributed by atoms with Gasteiger partial charge in [-0.05, 0) is 24.3 Å². The van der Waals surface area contributed by atoms with E-state index in [4.69, 9.17) is 19.0 Å². The number of furan rings is 1. The van der Waals surface area contributed by atoms with Crippen molar-refractivity contribution in [3.8, 4) is 11.5 Å². The van der Waals surface area contributed by atoms with Gasteiger partial charge in [0.2, 0.25) is 5.76 Å². The highest BCUT2D eigenvalue weighted by atomic mass is 16.5. The Morgan fingerprint density at radius 2 is 1.86 bits per heavy atom. The summed E-state index contributed by atoms with van der Waals surface area (Å²) in [4.78, 5) is 11.3. The summed E-state index contributed by atoms with van der Waals surface area (Å²) in [6.45, 7) is 0.263. The number of esters is 1. The molecule has 1 aromatic carbocycles. The molecule has 2 rings (SSSR count). The number of methoxy groups -OCH3 is 1. The molecule has 0 bridgehead atoms. The summed E-state index contributed by atoms with van der Waals surface area (Å²) in [6.07, 6.45) is 0. The van der Waals surface area contributed by atoms with Crippen LogP contribution in [0.2, 0.25) is 0 Å². The van der Waals surface area contributed by atoms with E-state index in [1.807, 2.05) is 12.1 Å². The summed E-state index contributed by atoms with van der Waals surface area (Å²) in [5, 5.41) is 8.78. The van der Waals surface area contributed by atoms with E-state index in [1.54, 1.807) is 18.2 Å². The van der Waals surface area contributed by atoms with Gasteiger partial charge in [0.1, 0.15) is 19.0 Å². The quantitative estimate of drug-likeness (QED) is 0.787. The van der Waals surface area contributed by atoms with Gasteiger partial charge in [-0.2, -0.15) is 0 Å². The molecule has 1 N–H and O–H groups in total. The molecule has 0 amide bonds. The van der Waals surface area contributed by atoms with E-state index in [-0.39, 0.29) is 25.6 Å². The summed E-state index contributed by atoms with van der Waals surface area (Å²) in [5.41, 5.74) is 0. The van der Waals surface area contributed by atoms with Gasteiger partial charge in [-0.25, -0.2) is 4.79 Å². The van der Waals surface area contributed by atoms with E-state index >= 15 is 0 Å². The lowest BCUT2D eigenvalue weighted by Gasteiger charge is -2.10. The third-order valence-corrected chi connectivity index (χ3v) is 2.62. The van der Waals surface area contributed by atoms with E-state index in [1.165, 1.54) is 13.2 Å². The van der Waals surface area contributed by atoms with Crippen molar-refractivity contribution in [1.29, 1.82) is 0 Å². The normalized spacial score (nSPS) is 10.2. The highest BCUT2D eigenvalue weighted by molar-refractivity contribution is 5.86. The van der Waals surface area contributed by atoms with Crippen molar-refractivity contribution < 1.29 is 28.5 Å². The van der Waals surface area contributed by atoms with Gasteiger partial charge < -0.3 is 23.7 Å². The molecule has 0 saturated carbocycles. The molecule has 1 heterocycles. The predicted molar refractivity (Wildman–Crippen MR) is 73.4 cm³/mol. The van der Waals surface area contributed by atoms with Gasteiger partial charge in [0.15, 0.2) is 11.5 Å². The molecule has 1 aromatic heterocycles. The number of carbonyl (C=O) groups is 1. The lowest BCUT2D eigenvalue weighted by atomic mass is 10.3. The molecule has 6 heteroatoms. The second-order valence-electron chi connectivity index (χ2n) is 4.07. The molecule has 2 aromatic rings. The van der Waals surface area contributed by atoms with Crippen molar-refractivity contribution in [3.63, 3.8) is 0 Å². The Labute approximate surface area is 121 Å². The Balaban J connectivity index is 1.99. The van der Waals surface area contributed by atoms with Crippen LogP contribution in [0.3, 0.4) is 0 Å². The zero-order chi connectivity index (χ0) is 15.1. The van der Waals surface area contributed by atoms with Crippen molar-refractivity contribution in [2.24, 2.45) is 0 Å². The summed E-state index contributed by atoms with van der Waals surface area (Å²) in [5.74, 6) is 1.15. The van der Waals surface area contributed by atoms with E-state index in [9.17, 15) is 4.79 Å². The smallest absolute Gasteiger partial charge is 0.373 e. The molecular formula is C15H16O6. The number of aliphatic hydroxyl groups excluding tert-OH is 1. The standard InChI is InChI=1S/C15H16O6/c1-18-15(17)14-7-6-11(21-14)10-20-13-5-3-2-4-12(13)19-9-8-16/h2-7,16H,8-10H2,1H3. The molecule has 0 fully saturated rings. The van der Waals surface area contributed by atoms with Crippen LogP contribution in [0.4, 0.5) is 0 Å². The second kappa shape index (κ2) is 7.35. The fraction of sp³-hybridized carbons (Fsp3) is 0.267. The Morgan fingerprint density at radius 3 is 2.52 bits per heavy atom. The number of aliphatic hydroxyl groups is 1. The van der Waals surface area contributed by atoms with Crippen LogP contribution < -0.4 is 9.47 Å². The highest BCUT2D eigenvalue weighted by Crippen LogP contribution is 2.27. The fourth-order valence-corrected chi connectivity index (χ4v) is 1.66. The molecule has 0 aliphatic carbocycles. The van der Waals surface area contributed by atoms with Gasteiger partial charge in [-0.1, -0.05) is 12.1 Å². The number of para-hydroxylation sites is 2. The van der Waals surface area contributed by atoms with Crippen molar-refractivity contribution in [3.05, 3.63) is 47.9 Å². The van der Waals surface area contributed by atoms with E-state index in [0.717, 1.165) is 0 Å². The topological polar surface area (TPSA) is 78.1 Å².